The Morgan fingerprint density at radius 2 is 1.75 bits per heavy atom. The van der Waals surface area contributed by atoms with Gasteiger partial charge in [-0.15, -0.1) is 0 Å². The van der Waals surface area contributed by atoms with Gasteiger partial charge in [0.15, 0.2) is 0 Å². The summed E-state index contributed by atoms with van der Waals surface area (Å²) in [5.41, 5.74) is -0.828. The highest BCUT2D eigenvalue weighted by Gasteiger charge is 2.61. The maximum absolute atomic E-state index is 12.8. The lowest BCUT2D eigenvalue weighted by atomic mass is 9.81. The molecule has 1 N–H and O–H groups in total. The standard InChI is InChI=1S/C16H14N2O6/c19-14-12-7-1-2-8(5-7)13(12)15(20)17(14)11-6-9(18(23)24)3-4-10(11)16(21)22/h3-4,6-8,12-13H,1-2,5H2,(H,21,22)/t7-,8-,12+,13+/m0/s1. The zero-order valence-corrected chi connectivity index (χ0v) is 12.5. The molecule has 0 radical (unpaired) electrons. The van der Waals surface area contributed by atoms with Crippen molar-refractivity contribution in [1.82, 2.24) is 0 Å². The van der Waals surface area contributed by atoms with Gasteiger partial charge >= 0.3 is 5.97 Å². The molecule has 3 aliphatic rings. The molecule has 124 valence electrons. The summed E-state index contributed by atoms with van der Waals surface area (Å²) in [5, 5.41) is 20.3. The molecule has 8 nitrogen and oxygen atoms in total. The van der Waals surface area contributed by atoms with Crippen molar-refractivity contribution in [3.63, 3.8) is 0 Å². The van der Waals surface area contributed by atoms with Gasteiger partial charge in [0.05, 0.1) is 28.0 Å². The number of hydrogen-bond donors (Lipinski definition) is 1. The topological polar surface area (TPSA) is 118 Å². The van der Waals surface area contributed by atoms with Crippen LogP contribution in [-0.4, -0.2) is 27.8 Å². The molecule has 4 rings (SSSR count). The summed E-state index contributed by atoms with van der Waals surface area (Å²) in [6.45, 7) is 0. The van der Waals surface area contributed by atoms with E-state index in [1.54, 1.807) is 0 Å². The van der Waals surface area contributed by atoms with Gasteiger partial charge < -0.3 is 5.11 Å². The number of aromatic carboxylic acids is 1. The van der Waals surface area contributed by atoms with Crippen LogP contribution in [0.15, 0.2) is 18.2 Å². The number of carboxylic acids is 1. The number of carboxylic acid groups (broad SMARTS) is 1. The van der Waals surface area contributed by atoms with Gasteiger partial charge in [-0.3, -0.25) is 19.7 Å². The van der Waals surface area contributed by atoms with Crippen LogP contribution in [0, 0.1) is 33.8 Å². The average Bonchev–Trinajstić information content (AvgIpc) is 3.20. The lowest BCUT2D eigenvalue weighted by Gasteiger charge is -2.19. The van der Waals surface area contributed by atoms with Crippen molar-refractivity contribution < 1.29 is 24.4 Å². The molecule has 0 spiro atoms. The molecule has 8 heteroatoms. The fourth-order valence-electron chi connectivity index (χ4n) is 4.65. The van der Waals surface area contributed by atoms with Crippen LogP contribution in [0.4, 0.5) is 11.4 Å². The molecule has 4 atom stereocenters. The molecule has 1 aliphatic heterocycles. The molecule has 24 heavy (non-hydrogen) atoms. The molecule has 1 aromatic rings. The quantitative estimate of drug-likeness (QED) is 0.513. The smallest absolute Gasteiger partial charge is 0.337 e. The Balaban J connectivity index is 1.82. The Kier molecular flexibility index (Phi) is 3.00. The molecule has 2 aliphatic carbocycles. The largest absolute Gasteiger partial charge is 0.478 e. The van der Waals surface area contributed by atoms with E-state index in [0.29, 0.717) is 0 Å². The summed E-state index contributed by atoms with van der Waals surface area (Å²) in [7, 11) is 0. The maximum Gasteiger partial charge on any atom is 0.337 e. The highest BCUT2D eigenvalue weighted by atomic mass is 16.6. The van der Waals surface area contributed by atoms with E-state index in [4.69, 9.17) is 0 Å². The van der Waals surface area contributed by atoms with Gasteiger partial charge in [-0.25, -0.2) is 9.69 Å². The zero-order valence-electron chi connectivity index (χ0n) is 12.5. The van der Waals surface area contributed by atoms with Crippen LogP contribution in [0.2, 0.25) is 0 Å². The first-order valence-electron chi connectivity index (χ1n) is 7.79. The minimum atomic E-state index is -1.33. The van der Waals surface area contributed by atoms with Gasteiger partial charge in [-0.05, 0) is 37.2 Å². The summed E-state index contributed by atoms with van der Waals surface area (Å²) in [6.07, 6.45) is 2.67. The van der Waals surface area contributed by atoms with E-state index < -0.39 is 34.5 Å². The number of non-ortho nitro benzene ring substituents is 1. The van der Waals surface area contributed by atoms with Crippen molar-refractivity contribution in [2.75, 3.05) is 4.90 Å². The number of imide groups is 1. The molecule has 0 aromatic heterocycles. The number of amides is 2. The molecular formula is C16H14N2O6. The fraction of sp³-hybridized carbons (Fsp3) is 0.438. The third kappa shape index (κ3) is 1.82. The minimum Gasteiger partial charge on any atom is -0.478 e. The molecule has 2 amide bonds. The van der Waals surface area contributed by atoms with Gasteiger partial charge in [0.25, 0.3) is 5.69 Å². The minimum absolute atomic E-state index is 0.161. The van der Waals surface area contributed by atoms with Crippen LogP contribution >= 0.6 is 0 Å². The monoisotopic (exact) mass is 330 g/mol. The Labute approximate surface area is 136 Å². The predicted octanol–water partition coefficient (Wildman–Crippen LogP) is 1.83. The lowest BCUT2D eigenvalue weighted by Crippen LogP contribution is -2.34. The second-order valence-electron chi connectivity index (χ2n) is 6.66. The molecule has 2 saturated carbocycles. The summed E-state index contributed by atoms with van der Waals surface area (Å²) < 4.78 is 0. The van der Waals surface area contributed by atoms with Crippen LogP contribution in [0.1, 0.15) is 29.6 Å². The number of fused-ring (bicyclic) bond motifs is 5. The SMILES string of the molecule is O=C(O)c1ccc([N+](=O)[O-])cc1N1C(=O)[C@@H]2[C@H]3CC[C@@H](C3)[C@H]2C1=O. The first-order chi connectivity index (χ1) is 11.4. The van der Waals surface area contributed by atoms with Crippen molar-refractivity contribution in [1.29, 1.82) is 0 Å². The molecule has 1 heterocycles. The van der Waals surface area contributed by atoms with E-state index in [1.807, 2.05) is 0 Å². The Morgan fingerprint density at radius 3 is 2.25 bits per heavy atom. The van der Waals surface area contributed by atoms with E-state index in [2.05, 4.69) is 0 Å². The number of hydrogen-bond acceptors (Lipinski definition) is 5. The first kappa shape index (κ1) is 14.8. The van der Waals surface area contributed by atoms with Crippen molar-refractivity contribution in [3.8, 4) is 0 Å². The van der Waals surface area contributed by atoms with Crippen molar-refractivity contribution in [2.24, 2.45) is 23.7 Å². The van der Waals surface area contributed by atoms with E-state index >= 15 is 0 Å². The third-order valence-corrected chi connectivity index (χ3v) is 5.59. The van der Waals surface area contributed by atoms with Crippen LogP contribution < -0.4 is 4.90 Å². The molecule has 2 bridgehead atoms. The van der Waals surface area contributed by atoms with Gasteiger partial charge in [0.1, 0.15) is 0 Å². The van der Waals surface area contributed by atoms with E-state index in [9.17, 15) is 29.6 Å². The number of rotatable bonds is 3. The summed E-state index contributed by atoms with van der Waals surface area (Å²) in [6, 6.07) is 3.13. The second kappa shape index (κ2) is 4.86. The Morgan fingerprint density at radius 1 is 1.17 bits per heavy atom. The molecule has 1 aromatic carbocycles. The Bertz CT molecular complexity index is 776. The highest BCUT2D eigenvalue weighted by Crippen LogP contribution is 2.56. The summed E-state index contributed by atoms with van der Waals surface area (Å²) in [4.78, 5) is 48.2. The zero-order chi connectivity index (χ0) is 17.2. The van der Waals surface area contributed by atoms with E-state index in [1.165, 1.54) is 0 Å². The number of nitro benzene ring substituents is 1. The molecule has 3 fully saturated rings. The van der Waals surface area contributed by atoms with Crippen LogP contribution in [0.3, 0.4) is 0 Å². The average molecular weight is 330 g/mol. The van der Waals surface area contributed by atoms with Crippen molar-refractivity contribution >= 4 is 29.2 Å². The normalized spacial score (nSPS) is 30.8. The summed E-state index contributed by atoms with van der Waals surface area (Å²) >= 11 is 0. The fourth-order valence-corrected chi connectivity index (χ4v) is 4.65. The maximum atomic E-state index is 12.8. The van der Waals surface area contributed by atoms with Crippen LogP contribution in [-0.2, 0) is 9.59 Å². The summed E-state index contributed by atoms with van der Waals surface area (Å²) in [5.74, 6) is -2.66. The molecular weight excluding hydrogens is 316 g/mol. The van der Waals surface area contributed by atoms with E-state index in [0.717, 1.165) is 42.4 Å². The number of nitrogens with zero attached hydrogens (tertiary/aromatic N) is 2. The first-order valence-corrected chi connectivity index (χ1v) is 7.79. The van der Waals surface area contributed by atoms with Crippen molar-refractivity contribution in [2.45, 2.75) is 19.3 Å². The number of anilines is 1. The van der Waals surface area contributed by atoms with Crippen molar-refractivity contribution in [3.05, 3.63) is 33.9 Å². The highest BCUT2D eigenvalue weighted by molar-refractivity contribution is 6.24. The lowest BCUT2D eigenvalue weighted by molar-refractivity contribution is -0.384. The predicted molar refractivity (Wildman–Crippen MR) is 80.4 cm³/mol. The molecule has 1 saturated heterocycles. The molecule has 0 unspecified atom stereocenters. The van der Waals surface area contributed by atoms with Crippen LogP contribution in [0.5, 0.6) is 0 Å². The number of carbonyl (C=O) groups is 3. The van der Waals surface area contributed by atoms with Gasteiger partial charge in [-0.1, -0.05) is 0 Å². The van der Waals surface area contributed by atoms with Gasteiger partial charge in [0, 0.05) is 12.1 Å². The van der Waals surface area contributed by atoms with Crippen LogP contribution in [0.25, 0.3) is 0 Å². The third-order valence-electron chi connectivity index (χ3n) is 5.59. The number of benzene rings is 1. The second-order valence-corrected chi connectivity index (χ2v) is 6.66. The van der Waals surface area contributed by atoms with E-state index in [-0.39, 0.29) is 28.8 Å². The Hall–Kier alpha value is -2.77. The van der Waals surface area contributed by atoms with Gasteiger partial charge in [0.2, 0.25) is 11.8 Å². The number of carbonyl (C=O) groups excluding carboxylic acids is 2. The number of nitro groups is 1. The van der Waals surface area contributed by atoms with Gasteiger partial charge in [-0.2, -0.15) is 0 Å².